The van der Waals surface area contributed by atoms with Gasteiger partial charge in [-0.05, 0) is 48.6 Å². The van der Waals surface area contributed by atoms with Crippen molar-refractivity contribution in [3.05, 3.63) is 62.3 Å². The highest BCUT2D eigenvalue weighted by molar-refractivity contribution is 9.10. The molecule has 0 aromatic heterocycles. The number of halogens is 4. The number of hydrogen-bond acceptors (Lipinski definition) is 1. The van der Waals surface area contributed by atoms with Gasteiger partial charge in [-0.15, -0.1) is 0 Å². The number of benzene rings is 2. The maximum absolute atomic E-state index is 13.1. The fourth-order valence-electron chi connectivity index (χ4n) is 2.41. The van der Waals surface area contributed by atoms with Crippen LogP contribution >= 0.6 is 39.1 Å². The maximum atomic E-state index is 13.1. The molecule has 0 heterocycles. The smallest absolute Gasteiger partial charge is 0.123 e. The minimum Gasteiger partial charge on any atom is -0.376 e. The molecule has 0 bridgehead atoms. The number of nitrogens with one attached hydrogen (secondary N) is 1. The van der Waals surface area contributed by atoms with Crippen LogP contribution in [0.15, 0.2) is 40.9 Å². The Morgan fingerprint density at radius 3 is 2.19 bits per heavy atom. The molecular weight excluding hydrogens is 376 g/mol. The second-order valence-corrected chi connectivity index (χ2v) is 6.99. The van der Waals surface area contributed by atoms with Crippen molar-refractivity contribution in [2.75, 3.05) is 5.32 Å². The topological polar surface area (TPSA) is 12.0 Å². The molecular formula is C16H13BrCl2FN. The lowest BCUT2D eigenvalue weighted by Gasteiger charge is -2.22. The molecule has 110 valence electrons. The van der Waals surface area contributed by atoms with Crippen LogP contribution in [0.4, 0.5) is 10.1 Å². The quantitative estimate of drug-likeness (QED) is 0.633. The fraction of sp³-hybridized carbons (Fsp3) is 0.250. The van der Waals surface area contributed by atoms with Gasteiger partial charge >= 0.3 is 0 Å². The average molecular weight is 389 g/mol. The Morgan fingerprint density at radius 2 is 1.67 bits per heavy atom. The van der Waals surface area contributed by atoms with Crippen LogP contribution in [0.3, 0.4) is 0 Å². The molecule has 5 heteroatoms. The van der Waals surface area contributed by atoms with Crippen LogP contribution in [-0.2, 0) is 0 Å². The van der Waals surface area contributed by atoms with Gasteiger partial charge in [-0.3, -0.25) is 0 Å². The third-order valence-electron chi connectivity index (χ3n) is 3.63. The van der Waals surface area contributed by atoms with Gasteiger partial charge in [0.2, 0.25) is 0 Å². The van der Waals surface area contributed by atoms with Crippen molar-refractivity contribution < 1.29 is 4.39 Å². The Kier molecular flexibility index (Phi) is 4.43. The molecule has 2 aromatic rings. The highest BCUT2D eigenvalue weighted by Gasteiger charge is 2.33. The second-order valence-electron chi connectivity index (χ2n) is 5.26. The first kappa shape index (κ1) is 15.1. The van der Waals surface area contributed by atoms with Crippen LogP contribution in [0, 0.1) is 11.7 Å². The summed E-state index contributed by atoms with van der Waals surface area (Å²) in [5, 5.41) is 4.58. The van der Waals surface area contributed by atoms with Crippen molar-refractivity contribution in [2.45, 2.75) is 18.9 Å². The molecule has 1 N–H and O–H groups in total. The largest absolute Gasteiger partial charge is 0.376 e. The number of anilines is 1. The molecule has 3 rings (SSSR count). The molecule has 1 unspecified atom stereocenters. The van der Waals surface area contributed by atoms with E-state index in [2.05, 4.69) is 21.2 Å². The van der Waals surface area contributed by atoms with Crippen LogP contribution < -0.4 is 5.32 Å². The van der Waals surface area contributed by atoms with E-state index < -0.39 is 0 Å². The Balaban J connectivity index is 1.91. The Hall–Kier alpha value is -0.770. The first-order valence-corrected chi connectivity index (χ1v) is 8.26. The highest BCUT2D eigenvalue weighted by Crippen LogP contribution is 2.45. The van der Waals surface area contributed by atoms with Crippen molar-refractivity contribution in [3.8, 4) is 0 Å². The molecule has 0 amide bonds. The van der Waals surface area contributed by atoms with E-state index >= 15 is 0 Å². The third-order valence-corrected chi connectivity index (χ3v) is 4.68. The van der Waals surface area contributed by atoms with Crippen LogP contribution in [0.1, 0.15) is 24.4 Å². The molecule has 21 heavy (non-hydrogen) atoms. The minimum atomic E-state index is -0.229. The zero-order valence-corrected chi connectivity index (χ0v) is 14.1. The predicted octanol–water partition coefficient (Wildman–Crippen LogP) is 6.46. The summed E-state index contributed by atoms with van der Waals surface area (Å²) in [7, 11) is 0. The zero-order chi connectivity index (χ0) is 15.0. The van der Waals surface area contributed by atoms with Gasteiger partial charge in [0, 0.05) is 4.47 Å². The molecule has 0 aliphatic heterocycles. The molecule has 0 spiro atoms. The molecule has 1 nitrogen and oxygen atoms in total. The van der Waals surface area contributed by atoms with Crippen LogP contribution in [-0.4, -0.2) is 0 Å². The van der Waals surface area contributed by atoms with Crippen LogP contribution in [0.5, 0.6) is 0 Å². The first-order valence-electron chi connectivity index (χ1n) is 6.71. The number of hydrogen-bond donors (Lipinski definition) is 1. The van der Waals surface area contributed by atoms with E-state index in [-0.39, 0.29) is 11.9 Å². The van der Waals surface area contributed by atoms with Crippen molar-refractivity contribution in [2.24, 2.45) is 5.92 Å². The highest BCUT2D eigenvalue weighted by atomic mass is 79.9. The van der Waals surface area contributed by atoms with Gasteiger partial charge in [0.1, 0.15) is 5.82 Å². The molecule has 1 aliphatic rings. The van der Waals surface area contributed by atoms with Crippen LogP contribution in [0.25, 0.3) is 0 Å². The fourth-order valence-corrected chi connectivity index (χ4v) is 3.73. The van der Waals surface area contributed by atoms with E-state index in [1.165, 1.54) is 12.1 Å². The molecule has 1 saturated carbocycles. The molecule has 0 radical (unpaired) electrons. The van der Waals surface area contributed by atoms with E-state index in [4.69, 9.17) is 23.2 Å². The third kappa shape index (κ3) is 3.53. The normalized spacial score (nSPS) is 15.8. The lowest BCUT2D eigenvalue weighted by atomic mass is 10.0. The van der Waals surface area contributed by atoms with Gasteiger partial charge in [-0.25, -0.2) is 4.39 Å². The Morgan fingerprint density at radius 1 is 1.10 bits per heavy atom. The lowest BCUT2D eigenvalue weighted by molar-refractivity contribution is 0.622. The monoisotopic (exact) mass is 387 g/mol. The molecule has 1 aliphatic carbocycles. The lowest BCUT2D eigenvalue weighted by Crippen LogP contribution is -2.13. The summed E-state index contributed by atoms with van der Waals surface area (Å²) in [5.74, 6) is 0.305. The van der Waals surface area contributed by atoms with E-state index in [1.807, 2.05) is 24.3 Å². The Labute approximate surface area is 141 Å². The summed E-state index contributed by atoms with van der Waals surface area (Å²) in [6.45, 7) is 0. The minimum absolute atomic E-state index is 0.0989. The van der Waals surface area contributed by atoms with Gasteiger partial charge in [0.05, 0.1) is 21.8 Å². The molecule has 1 fully saturated rings. The zero-order valence-electron chi connectivity index (χ0n) is 11.0. The summed E-state index contributed by atoms with van der Waals surface area (Å²) >= 11 is 15.9. The summed E-state index contributed by atoms with van der Waals surface area (Å²) in [6, 6.07) is 10.3. The van der Waals surface area contributed by atoms with Gasteiger partial charge in [-0.2, -0.15) is 0 Å². The van der Waals surface area contributed by atoms with E-state index in [1.54, 1.807) is 0 Å². The number of rotatable bonds is 4. The molecule has 1 atom stereocenters. The molecule has 2 aromatic carbocycles. The second kappa shape index (κ2) is 6.15. The standard InChI is InChI=1S/C16H13BrCl2FN/c17-11-7-13(18)16(14(19)8-11)21-15(9-1-2-9)10-3-5-12(20)6-4-10/h3-9,15,21H,1-2H2. The average Bonchev–Trinajstić information content (AvgIpc) is 3.24. The summed E-state index contributed by atoms with van der Waals surface area (Å²) in [4.78, 5) is 0. The van der Waals surface area contributed by atoms with E-state index in [9.17, 15) is 4.39 Å². The maximum Gasteiger partial charge on any atom is 0.123 e. The summed E-state index contributed by atoms with van der Waals surface area (Å²) in [5.41, 5.74) is 1.77. The summed E-state index contributed by atoms with van der Waals surface area (Å²) in [6.07, 6.45) is 2.31. The first-order chi connectivity index (χ1) is 10.0. The summed E-state index contributed by atoms with van der Waals surface area (Å²) < 4.78 is 13.9. The van der Waals surface area contributed by atoms with Crippen molar-refractivity contribution >= 4 is 44.8 Å². The van der Waals surface area contributed by atoms with Crippen molar-refractivity contribution in [1.82, 2.24) is 0 Å². The van der Waals surface area contributed by atoms with Crippen molar-refractivity contribution in [3.63, 3.8) is 0 Å². The van der Waals surface area contributed by atoms with Gasteiger partial charge in [-0.1, -0.05) is 51.3 Å². The van der Waals surface area contributed by atoms with E-state index in [0.29, 0.717) is 16.0 Å². The SMILES string of the molecule is Fc1ccc(C(Nc2c(Cl)cc(Br)cc2Cl)C2CC2)cc1. The van der Waals surface area contributed by atoms with Gasteiger partial charge < -0.3 is 5.32 Å². The van der Waals surface area contributed by atoms with E-state index in [0.717, 1.165) is 28.6 Å². The van der Waals surface area contributed by atoms with Gasteiger partial charge in [0.15, 0.2) is 0 Å². The predicted molar refractivity (Wildman–Crippen MR) is 89.6 cm³/mol. The van der Waals surface area contributed by atoms with Crippen molar-refractivity contribution in [1.29, 1.82) is 0 Å². The van der Waals surface area contributed by atoms with Crippen LogP contribution in [0.2, 0.25) is 10.0 Å². The van der Waals surface area contributed by atoms with Gasteiger partial charge in [0.25, 0.3) is 0 Å². The Bertz CT molecular complexity index is 633. The molecule has 0 saturated heterocycles.